The van der Waals surface area contributed by atoms with E-state index in [2.05, 4.69) is 15.3 Å². The zero-order chi connectivity index (χ0) is 17.8. The number of ether oxygens (including phenoxy) is 1. The number of nitrogens with one attached hydrogen (secondary N) is 1. The monoisotopic (exact) mass is 333 g/mol. The second-order valence-corrected chi connectivity index (χ2v) is 5.88. The van der Waals surface area contributed by atoms with E-state index in [1.54, 1.807) is 30.3 Å². The van der Waals surface area contributed by atoms with Crippen molar-refractivity contribution >= 4 is 11.6 Å². The summed E-state index contributed by atoms with van der Waals surface area (Å²) in [6.07, 6.45) is 0. The second kappa shape index (κ2) is 7.13. The predicted molar refractivity (Wildman–Crippen MR) is 97.2 cm³/mol. The van der Waals surface area contributed by atoms with Gasteiger partial charge in [-0.05, 0) is 51.1 Å². The molecule has 0 aliphatic heterocycles. The Morgan fingerprint density at radius 3 is 2.28 bits per heavy atom. The first kappa shape index (κ1) is 16.6. The van der Waals surface area contributed by atoms with Crippen molar-refractivity contribution in [1.29, 1.82) is 0 Å². The average molecular weight is 333 g/mol. The maximum Gasteiger partial charge on any atom is 0.322 e. The Morgan fingerprint density at radius 1 is 0.920 bits per heavy atom. The molecule has 3 rings (SSSR count). The smallest absolute Gasteiger partial charge is 0.322 e. The van der Waals surface area contributed by atoms with Crippen molar-refractivity contribution in [1.82, 2.24) is 9.97 Å². The van der Waals surface area contributed by atoms with Gasteiger partial charge in [-0.1, -0.05) is 23.8 Å². The van der Waals surface area contributed by atoms with Crippen molar-refractivity contribution in [2.75, 3.05) is 5.32 Å². The summed E-state index contributed by atoms with van der Waals surface area (Å²) in [5.74, 6) is 0.395. The van der Waals surface area contributed by atoms with Crippen LogP contribution in [0.2, 0.25) is 0 Å². The summed E-state index contributed by atoms with van der Waals surface area (Å²) < 4.78 is 5.71. The fourth-order valence-electron chi connectivity index (χ4n) is 2.39. The lowest BCUT2D eigenvalue weighted by Gasteiger charge is -2.09. The lowest BCUT2D eigenvalue weighted by molar-refractivity contribution is 0.102. The highest BCUT2D eigenvalue weighted by Crippen LogP contribution is 2.22. The van der Waals surface area contributed by atoms with Gasteiger partial charge in [-0.25, -0.2) is 9.97 Å². The lowest BCUT2D eigenvalue weighted by Crippen LogP contribution is -2.11. The van der Waals surface area contributed by atoms with Gasteiger partial charge >= 0.3 is 6.01 Å². The fourth-order valence-corrected chi connectivity index (χ4v) is 2.39. The van der Waals surface area contributed by atoms with Gasteiger partial charge in [0.15, 0.2) is 0 Å². The minimum Gasteiger partial charge on any atom is -0.424 e. The van der Waals surface area contributed by atoms with E-state index in [0.29, 0.717) is 23.0 Å². The highest BCUT2D eigenvalue weighted by molar-refractivity contribution is 6.04. The number of amides is 1. The molecule has 0 fully saturated rings. The number of carbonyl (C=O) groups excluding carboxylic acids is 1. The van der Waals surface area contributed by atoms with Gasteiger partial charge < -0.3 is 10.1 Å². The SMILES string of the molecule is Cc1ccc(C(=O)Nc2cccc(Oc3nc(C)cc(C)n3)c2)cc1. The van der Waals surface area contributed by atoms with Crippen molar-refractivity contribution in [3.05, 3.63) is 77.1 Å². The molecule has 0 bridgehead atoms. The number of hydrogen-bond donors (Lipinski definition) is 1. The van der Waals surface area contributed by atoms with Crippen LogP contribution < -0.4 is 10.1 Å². The molecule has 0 aliphatic rings. The maximum atomic E-state index is 12.3. The summed E-state index contributed by atoms with van der Waals surface area (Å²) in [4.78, 5) is 20.8. The number of anilines is 1. The first-order valence-electron chi connectivity index (χ1n) is 7.98. The maximum absolute atomic E-state index is 12.3. The van der Waals surface area contributed by atoms with Crippen LogP contribution in [-0.4, -0.2) is 15.9 Å². The van der Waals surface area contributed by atoms with Crippen LogP contribution in [0.4, 0.5) is 5.69 Å². The first-order chi connectivity index (χ1) is 12.0. The minimum atomic E-state index is -0.167. The van der Waals surface area contributed by atoms with Crippen LogP contribution in [0.25, 0.3) is 0 Å². The summed E-state index contributed by atoms with van der Waals surface area (Å²) in [5.41, 5.74) is 4.04. The fraction of sp³-hybridized carbons (Fsp3) is 0.150. The topological polar surface area (TPSA) is 64.1 Å². The Hall–Kier alpha value is -3.21. The Bertz CT molecular complexity index is 885. The van der Waals surface area contributed by atoms with Crippen molar-refractivity contribution in [3.8, 4) is 11.8 Å². The van der Waals surface area contributed by atoms with Gasteiger partial charge in [0.25, 0.3) is 5.91 Å². The zero-order valence-electron chi connectivity index (χ0n) is 14.4. The third-order valence-corrected chi connectivity index (χ3v) is 3.58. The molecule has 1 amide bonds. The van der Waals surface area contributed by atoms with Crippen LogP contribution in [0.3, 0.4) is 0 Å². The summed E-state index contributed by atoms with van der Waals surface area (Å²) in [6, 6.07) is 16.7. The van der Waals surface area contributed by atoms with Crippen LogP contribution in [0.15, 0.2) is 54.6 Å². The average Bonchev–Trinajstić information content (AvgIpc) is 2.54. The van der Waals surface area contributed by atoms with Gasteiger partial charge in [-0.15, -0.1) is 0 Å². The predicted octanol–water partition coefficient (Wildman–Crippen LogP) is 4.45. The van der Waals surface area contributed by atoms with E-state index in [4.69, 9.17) is 4.74 Å². The quantitative estimate of drug-likeness (QED) is 0.766. The molecular formula is C20H19N3O2. The molecule has 0 saturated heterocycles. The van der Waals surface area contributed by atoms with Gasteiger partial charge in [0.1, 0.15) is 5.75 Å². The van der Waals surface area contributed by atoms with E-state index in [0.717, 1.165) is 17.0 Å². The van der Waals surface area contributed by atoms with Crippen molar-refractivity contribution in [2.45, 2.75) is 20.8 Å². The van der Waals surface area contributed by atoms with Crippen LogP contribution in [-0.2, 0) is 0 Å². The van der Waals surface area contributed by atoms with Crippen molar-refractivity contribution in [3.63, 3.8) is 0 Å². The molecule has 0 aliphatic carbocycles. The minimum absolute atomic E-state index is 0.167. The summed E-state index contributed by atoms with van der Waals surface area (Å²) in [7, 11) is 0. The van der Waals surface area contributed by atoms with E-state index in [1.165, 1.54) is 0 Å². The van der Waals surface area contributed by atoms with Crippen LogP contribution in [0, 0.1) is 20.8 Å². The number of nitrogens with zero attached hydrogens (tertiary/aromatic N) is 2. The molecule has 0 atom stereocenters. The van der Waals surface area contributed by atoms with Gasteiger partial charge in [0.2, 0.25) is 0 Å². The number of aromatic nitrogens is 2. The highest BCUT2D eigenvalue weighted by atomic mass is 16.5. The van der Waals surface area contributed by atoms with E-state index < -0.39 is 0 Å². The van der Waals surface area contributed by atoms with Crippen molar-refractivity contribution < 1.29 is 9.53 Å². The molecule has 1 aromatic heterocycles. The molecular weight excluding hydrogens is 314 g/mol. The van der Waals surface area contributed by atoms with Gasteiger partial charge in [-0.2, -0.15) is 0 Å². The van der Waals surface area contributed by atoms with E-state index >= 15 is 0 Å². The largest absolute Gasteiger partial charge is 0.424 e. The Labute approximate surface area is 146 Å². The summed E-state index contributed by atoms with van der Waals surface area (Å²) in [5, 5.41) is 2.87. The summed E-state index contributed by atoms with van der Waals surface area (Å²) >= 11 is 0. The molecule has 0 saturated carbocycles. The molecule has 126 valence electrons. The molecule has 1 heterocycles. The second-order valence-electron chi connectivity index (χ2n) is 5.88. The van der Waals surface area contributed by atoms with Crippen LogP contribution in [0.1, 0.15) is 27.3 Å². The van der Waals surface area contributed by atoms with Gasteiger partial charge in [0.05, 0.1) is 0 Å². The van der Waals surface area contributed by atoms with Gasteiger partial charge in [-0.3, -0.25) is 4.79 Å². The normalized spacial score (nSPS) is 10.4. The molecule has 0 radical (unpaired) electrons. The van der Waals surface area contributed by atoms with E-state index in [1.807, 2.05) is 45.0 Å². The van der Waals surface area contributed by atoms with Gasteiger partial charge in [0, 0.05) is 28.7 Å². The third kappa shape index (κ3) is 4.41. The Balaban J connectivity index is 1.74. The van der Waals surface area contributed by atoms with Crippen LogP contribution >= 0.6 is 0 Å². The number of carbonyl (C=O) groups is 1. The number of rotatable bonds is 4. The third-order valence-electron chi connectivity index (χ3n) is 3.58. The molecule has 0 spiro atoms. The molecule has 25 heavy (non-hydrogen) atoms. The summed E-state index contributed by atoms with van der Waals surface area (Å²) in [6.45, 7) is 5.76. The molecule has 3 aromatic rings. The van der Waals surface area contributed by atoms with Crippen molar-refractivity contribution in [2.24, 2.45) is 0 Å². The molecule has 5 nitrogen and oxygen atoms in total. The highest BCUT2D eigenvalue weighted by Gasteiger charge is 2.08. The Kier molecular flexibility index (Phi) is 4.75. The van der Waals surface area contributed by atoms with E-state index in [9.17, 15) is 4.79 Å². The lowest BCUT2D eigenvalue weighted by atomic mass is 10.1. The first-order valence-corrected chi connectivity index (χ1v) is 7.98. The zero-order valence-corrected chi connectivity index (χ0v) is 14.4. The number of hydrogen-bond acceptors (Lipinski definition) is 4. The number of benzene rings is 2. The Morgan fingerprint density at radius 2 is 1.60 bits per heavy atom. The molecule has 2 aromatic carbocycles. The van der Waals surface area contributed by atoms with Crippen LogP contribution in [0.5, 0.6) is 11.8 Å². The molecule has 0 unspecified atom stereocenters. The number of aryl methyl sites for hydroxylation is 3. The standard InChI is InChI=1S/C20H19N3O2/c1-13-7-9-16(10-8-13)19(24)23-17-5-4-6-18(12-17)25-20-21-14(2)11-15(3)22-20/h4-12H,1-3H3,(H,23,24). The molecule has 5 heteroatoms. The molecule has 1 N–H and O–H groups in total. The van der Waals surface area contributed by atoms with E-state index in [-0.39, 0.29) is 5.91 Å².